The fraction of sp³-hybridized carbons (Fsp3) is 0.533. The van der Waals surface area contributed by atoms with Gasteiger partial charge in [-0.1, -0.05) is 0 Å². The minimum absolute atomic E-state index is 0.0109. The van der Waals surface area contributed by atoms with Crippen molar-refractivity contribution in [3.63, 3.8) is 0 Å². The molecule has 4 nitrogen and oxygen atoms in total. The highest BCUT2D eigenvalue weighted by Crippen LogP contribution is 2.18. The van der Waals surface area contributed by atoms with Crippen LogP contribution in [0.4, 0.5) is 5.69 Å². The van der Waals surface area contributed by atoms with Gasteiger partial charge in [-0.05, 0) is 51.0 Å². The van der Waals surface area contributed by atoms with E-state index in [1.54, 1.807) is 0 Å². The maximum absolute atomic E-state index is 12.0. The molecule has 0 saturated carbocycles. The molecule has 1 aliphatic heterocycles. The molecule has 0 aromatic heterocycles. The number of aryl methyl sites for hydroxylation is 1. The van der Waals surface area contributed by atoms with Crippen molar-refractivity contribution in [1.82, 2.24) is 5.32 Å². The Balaban J connectivity index is 2.05. The molecule has 0 aliphatic carbocycles. The SMILES string of the molecule is Cc1cc(N[C@@H]2CCOC2)ccc1C(=O)NC(C)C. The first-order valence-corrected chi connectivity index (χ1v) is 6.82. The normalized spacial score (nSPS) is 18.6. The van der Waals surface area contributed by atoms with Crippen molar-refractivity contribution in [2.24, 2.45) is 0 Å². The number of carbonyl (C=O) groups excluding carboxylic acids is 1. The maximum atomic E-state index is 12.0. The minimum atomic E-state index is -0.0109. The van der Waals surface area contributed by atoms with Gasteiger partial charge < -0.3 is 15.4 Å². The molecular formula is C15H22N2O2. The largest absolute Gasteiger partial charge is 0.380 e. The smallest absolute Gasteiger partial charge is 0.251 e. The van der Waals surface area contributed by atoms with Gasteiger partial charge in [-0.2, -0.15) is 0 Å². The fourth-order valence-electron chi connectivity index (χ4n) is 2.23. The van der Waals surface area contributed by atoms with Gasteiger partial charge in [0.25, 0.3) is 5.91 Å². The van der Waals surface area contributed by atoms with Crippen LogP contribution in [-0.2, 0) is 4.74 Å². The second-order valence-corrected chi connectivity index (χ2v) is 5.36. The number of hydrogen-bond acceptors (Lipinski definition) is 3. The van der Waals surface area contributed by atoms with Crippen molar-refractivity contribution < 1.29 is 9.53 Å². The van der Waals surface area contributed by atoms with E-state index in [9.17, 15) is 4.79 Å². The number of anilines is 1. The number of hydrogen-bond donors (Lipinski definition) is 2. The Bertz CT molecular complexity index is 451. The molecule has 4 heteroatoms. The first-order valence-electron chi connectivity index (χ1n) is 6.82. The minimum Gasteiger partial charge on any atom is -0.380 e. The molecule has 104 valence electrons. The van der Waals surface area contributed by atoms with Crippen molar-refractivity contribution in [1.29, 1.82) is 0 Å². The third-order valence-electron chi connectivity index (χ3n) is 3.19. The molecule has 2 rings (SSSR count). The van der Waals surface area contributed by atoms with Gasteiger partial charge in [0.15, 0.2) is 0 Å². The number of amides is 1. The molecule has 2 N–H and O–H groups in total. The lowest BCUT2D eigenvalue weighted by Crippen LogP contribution is -2.30. The van der Waals surface area contributed by atoms with E-state index in [1.807, 2.05) is 39.0 Å². The maximum Gasteiger partial charge on any atom is 0.251 e. The Morgan fingerprint density at radius 1 is 1.42 bits per heavy atom. The summed E-state index contributed by atoms with van der Waals surface area (Å²) in [6.45, 7) is 7.47. The van der Waals surface area contributed by atoms with E-state index in [1.165, 1.54) is 0 Å². The second-order valence-electron chi connectivity index (χ2n) is 5.36. The summed E-state index contributed by atoms with van der Waals surface area (Å²) in [6, 6.07) is 6.40. The summed E-state index contributed by atoms with van der Waals surface area (Å²) in [5, 5.41) is 6.34. The first-order chi connectivity index (χ1) is 9.06. The fourth-order valence-corrected chi connectivity index (χ4v) is 2.23. The Labute approximate surface area is 114 Å². The lowest BCUT2D eigenvalue weighted by Gasteiger charge is -2.15. The topological polar surface area (TPSA) is 50.4 Å². The zero-order chi connectivity index (χ0) is 13.8. The standard InChI is InChI=1S/C15H22N2O2/c1-10(2)16-15(18)14-5-4-12(8-11(14)3)17-13-6-7-19-9-13/h4-5,8,10,13,17H,6-7,9H2,1-3H3,(H,16,18)/t13-/m1/s1. The summed E-state index contributed by atoms with van der Waals surface area (Å²) in [7, 11) is 0. The highest BCUT2D eigenvalue weighted by Gasteiger charge is 2.16. The number of nitrogens with one attached hydrogen (secondary N) is 2. The summed E-state index contributed by atoms with van der Waals surface area (Å²) in [4.78, 5) is 12.0. The molecular weight excluding hydrogens is 240 g/mol. The number of benzene rings is 1. The van der Waals surface area contributed by atoms with Crippen molar-refractivity contribution in [3.8, 4) is 0 Å². The lowest BCUT2D eigenvalue weighted by molar-refractivity contribution is 0.0942. The van der Waals surface area contributed by atoms with Crippen molar-refractivity contribution in [2.75, 3.05) is 18.5 Å². The van der Waals surface area contributed by atoms with Gasteiger partial charge in [0.2, 0.25) is 0 Å². The van der Waals surface area contributed by atoms with Gasteiger partial charge >= 0.3 is 0 Å². The van der Waals surface area contributed by atoms with E-state index in [4.69, 9.17) is 4.74 Å². The van der Waals surface area contributed by atoms with Crippen molar-refractivity contribution >= 4 is 11.6 Å². The Morgan fingerprint density at radius 3 is 2.79 bits per heavy atom. The first kappa shape index (κ1) is 13.9. The van der Waals surface area contributed by atoms with Gasteiger partial charge in [-0.25, -0.2) is 0 Å². The monoisotopic (exact) mass is 262 g/mol. The van der Waals surface area contributed by atoms with Crippen LogP contribution in [0.2, 0.25) is 0 Å². The van der Waals surface area contributed by atoms with Gasteiger partial charge in [0.05, 0.1) is 12.6 Å². The molecule has 0 spiro atoms. The Hall–Kier alpha value is -1.55. The van der Waals surface area contributed by atoms with E-state index in [0.717, 1.165) is 36.4 Å². The van der Waals surface area contributed by atoms with Crippen LogP contribution in [0.5, 0.6) is 0 Å². The van der Waals surface area contributed by atoms with E-state index in [0.29, 0.717) is 6.04 Å². The average molecular weight is 262 g/mol. The van der Waals surface area contributed by atoms with Crippen LogP contribution < -0.4 is 10.6 Å². The molecule has 1 amide bonds. The van der Waals surface area contributed by atoms with Crippen LogP contribution in [0.25, 0.3) is 0 Å². The van der Waals surface area contributed by atoms with Gasteiger partial charge in [0.1, 0.15) is 0 Å². The second kappa shape index (κ2) is 6.06. The molecule has 1 heterocycles. The van der Waals surface area contributed by atoms with Crippen LogP contribution in [-0.4, -0.2) is 31.2 Å². The highest BCUT2D eigenvalue weighted by molar-refractivity contribution is 5.96. The molecule has 1 aliphatic rings. The summed E-state index contributed by atoms with van der Waals surface area (Å²) in [5.41, 5.74) is 2.78. The average Bonchev–Trinajstić information content (AvgIpc) is 2.80. The van der Waals surface area contributed by atoms with Gasteiger partial charge in [-0.15, -0.1) is 0 Å². The van der Waals surface area contributed by atoms with Crippen LogP contribution in [0, 0.1) is 6.92 Å². The molecule has 1 atom stereocenters. The van der Waals surface area contributed by atoms with Crippen LogP contribution in [0.1, 0.15) is 36.2 Å². The van der Waals surface area contributed by atoms with Crippen molar-refractivity contribution in [3.05, 3.63) is 29.3 Å². The highest BCUT2D eigenvalue weighted by atomic mass is 16.5. The van der Waals surface area contributed by atoms with Crippen LogP contribution >= 0.6 is 0 Å². The third kappa shape index (κ3) is 3.70. The molecule has 19 heavy (non-hydrogen) atoms. The van der Waals surface area contributed by atoms with Crippen LogP contribution in [0.15, 0.2) is 18.2 Å². The van der Waals surface area contributed by atoms with Crippen molar-refractivity contribution in [2.45, 2.75) is 39.3 Å². The van der Waals surface area contributed by atoms with Gasteiger partial charge in [0, 0.05) is 23.9 Å². The van der Waals surface area contributed by atoms with E-state index < -0.39 is 0 Å². The van der Waals surface area contributed by atoms with Gasteiger partial charge in [-0.3, -0.25) is 4.79 Å². The summed E-state index contributed by atoms with van der Waals surface area (Å²) < 4.78 is 5.34. The molecule has 0 radical (unpaired) electrons. The molecule has 0 bridgehead atoms. The molecule has 1 saturated heterocycles. The van der Waals surface area contributed by atoms with E-state index >= 15 is 0 Å². The quantitative estimate of drug-likeness (QED) is 0.875. The van der Waals surface area contributed by atoms with E-state index in [-0.39, 0.29) is 11.9 Å². The third-order valence-corrected chi connectivity index (χ3v) is 3.19. The number of carbonyl (C=O) groups is 1. The predicted molar refractivity (Wildman–Crippen MR) is 76.6 cm³/mol. The Kier molecular flexibility index (Phi) is 4.43. The van der Waals surface area contributed by atoms with E-state index in [2.05, 4.69) is 10.6 Å². The summed E-state index contributed by atoms with van der Waals surface area (Å²) in [6.07, 6.45) is 1.04. The molecule has 0 unspecified atom stereocenters. The molecule has 1 aromatic carbocycles. The van der Waals surface area contributed by atoms with Crippen LogP contribution in [0.3, 0.4) is 0 Å². The molecule has 1 fully saturated rings. The lowest BCUT2D eigenvalue weighted by atomic mass is 10.1. The number of ether oxygens (including phenoxy) is 1. The molecule has 1 aromatic rings. The zero-order valence-electron chi connectivity index (χ0n) is 11.8. The summed E-state index contributed by atoms with van der Waals surface area (Å²) >= 11 is 0. The Morgan fingerprint density at radius 2 is 2.21 bits per heavy atom. The zero-order valence-corrected chi connectivity index (χ0v) is 11.8. The predicted octanol–water partition coefficient (Wildman–Crippen LogP) is 2.33. The summed E-state index contributed by atoms with van der Waals surface area (Å²) in [5.74, 6) is -0.0109. The number of rotatable bonds is 4.